The van der Waals surface area contributed by atoms with Gasteiger partial charge >= 0.3 is 0 Å². The van der Waals surface area contributed by atoms with Crippen molar-refractivity contribution in [3.8, 4) is 6.07 Å². The third-order valence-electron chi connectivity index (χ3n) is 1.90. The van der Waals surface area contributed by atoms with Gasteiger partial charge in [0.2, 0.25) is 0 Å². The summed E-state index contributed by atoms with van der Waals surface area (Å²) < 4.78 is 0. The van der Waals surface area contributed by atoms with E-state index in [2.05, 4.69) is 16.1 Å². The number of allylic oxidation sites excluding steroid dienone is 1. The minimum Gasteiger partial charge on any atom is -0.288 e. The van der Waals surface area contributed by atoms with Crippen molar-refractivity contribution in [1.82, 2.24) is 0 Å². The van der Waals surface area contributed by atoms with Crippen LogP contribution in [-0.2, 0) is 0 Å². The molecule has 2 atom stereocenters. The topological polar surface area (TPSA) is 48.5 Å². The Bertz CT molecular complexity index is 293. The molecule has 2 aliphatic rings. The molecule has 2 rings (SSSR count). The maximum absolute atomic E-state index is 8.55. The molecule has 2 aliphatic heterocycles. The monoisotopic (exact) mass is 145 g/mol. The standard InChI is InChI=1S/C8H7N3/c9-4-6-3-8-7(11-5-6)1-2-10-8/h2-3,5,7-8H,1H2. The summed E-state index contributed by atoms with van der Waals surface area (Å²) in [5.41, 5.74) is 0.630. The molecule has 11 heavy (non-hydrogen) atoms. The molecule has 0 saturated carbocycles. The van der Waals surface area contributed by atoms with Crippen molar-refractivity contribution in [3.05, 3.63) is 11.6 Å². The highest BCUT2D eigenvalue weighted by molar-refractivity contribution is 5.85. The van der Waals surface area contributed by atoms with Crippen molar-refractivity contribution in [2.75, 3.05) is 0 Å². The lowest BCUT2D eigenvalue weighted by molar-refractivity contribution is 0.661. The summed E-state index contributed by atoms with van der Waals surface area (Å²) in [6.07, 6.45) is 6.30. The van der Waals surface area contributed by atoms with Gasteiger partial charge in [-0.2, -0.15) is 5.26 Å². The fourth-order valence-electron chi connectivity index (χ4n) is 1.30. The van der Waals surface area contributed by atoms with Gasteiger partial charge in [0.25, 0.3) is 0 Å². The Morgan fingerprint density at radius 3 is 3.27 bits per heavy atom. The van der Waals surface area contributed by atoms with Gasteiger partial charge in [-0.1, -0.05) is 0 Å². The fourth-order valence-corrected chi connectivity index (χ4v) is 1.30. The van der Waals surface area contributed by atoms with E-state index >= 15 is 0 Å². The molecular formula is C8H7N3. The Kier molecular flexibility index (Phi) is 1.32. The van der Waals surface area contributed by atoms with Gasteiger partial charge in [0.05, 0.1) is 17.7 Å². The van der Waals surface area contributed by atoms with Crippen LogP contribution >= 0.6 is 0 Å². The molecule has 0 amide bonds. The van der Waals surface area contributed by atoms with Crippen LogP contribution in [0, 0.1) is 11.3 Å². The van der Waals surface area contributed by atoms with E-state index in [1.54, 1.807) is 6.21 Å². The van der Waals surface area contributed by atoms with E-state index < -0.39 is 0 Å². The molecule has 0 N–H and O–H groups in total. The molecular weight excluding hydrogens is 138 g/mol. The Morgan fingerprint density at radius 1 is 1.55 bits per heavy atom. The Balaban J connectivity index is 2.28. The number of hydrogen-bond donors (Lipinski definition) is 0. The highest BCUT2D eigenvalue weighted by atomic mass is 14.9. The SMILES string of the molecule is N#CC1=CC2N=CCC2N=C1. The van der Waals surface area contributed by atoms with Crippen LogP contribution in [0.25, 0.3) is 0 Å². The normalized spacial score (nSPS) is 32.8. The number of aliphatic imine (C=N–C) groups is 2. The van der Waals surface area contributed by atoms with E-state index in [1.165, 1.54) is 0 Å². The number of nitrogens with zero attached hydrogens (tertiary/aromatic N) is 3. The van der Waals surface area contributed by atoms with E-state index in [9.17, 15) is 0 Å². The lowest BCUT2D eigenvalue weighted by atomic mass is 10.0. The number of rotatable bonds is 0. The maximum atomic E-state index is 8.55. The lowest BCUT2D eigenvalue weighted by Gasteiger charge is -2.13. The predicted octanol–water partition coefficient (Wildman–Crippen LogP) is 0.732. The Morgan fingerprint density at radius 2 is 2.45 bits per heavy atom. The van der Waals surface area contributed by atoms with E-state index in [0.717, 1.165) is 6.42 Å². The van der Waals surface area contributed by atoms with Crippen molar-refractivity contribution in [2.24, 2.45) is 9.98 Å². The summed E-state index contributed by atoms with van der Waals surface area (Å²) in [6.45, 7) is 0. The average molecular weight is 145 g/mol. The van der Waals surface area contributed by atoms with Gasteiger partial charge in [-0.15, -0.1) is 0 Å². The molecule has 0 aliphatic carbocycles. The van der Waals surface area contributed by atoms with Crippen LogP contribution in [0.4, 0.5) is 0 Å². The third kappa shape index (κ3) is 0.966. The number of dihydropyridines is 1. The summed E-state index contributed by atoms with van der Waals surface area (Å²) in [7, 11) is 0. The first-order valence-electron chi connectivity index (χ1n) is 3.57. The zero-order valence-corrected chi connectivity index (χ0v) is 5.94. The van der Waals surface area contributed by atoms with Gasteiger partial charge in [-0.3, -0.25) is 9.98 Å². The van der Waals surface area contributed by atoms with Gasteiger partial charge < -0.3 is 0 Å². The summed E-state index contributed by atoms with van der Waals surface area (Å²) in [4.78, 5) is 8.39. The zero-order chi connectivity index (χ0) is 7.68. The van der Waals surface area contributed by atoms with Crippen LogP contribution in [0.2, 0.25) is 0 Å². The second-order valence-corrected chi connectivity index (χ2v) is 2.64. The second kappa shape index (κ2) is 2.31. The quantitative estimate of drug-likeness (QED) is 0.495. The smallest absolute Gasteiger partial charge is 0.100 e. The van der Waals surface area contributed by atoms with Crippen LogP contribution in [0.1, 0.15) is 6.42 Å². The van der Waals surface area contributed by atoms with Crippen molar-refractivity contribution >= 4 is 12.4 Å². The molecule has 54 valence electrons. The fraction of sp³-hybridized carbons (Fsp3) is 0.375. The van der Waals surface area contributed by atoms with Crippen LogP contribution in [0.15, 0.2) is 21.6 Å². The van der Waals surface area contributed by atoms with Gasteiger partial charge in [0, 0.05) is 18.9 Å². The minimum absolute atomic E-state index is 0.134. The molecule has 3 nitrogen and oxygen atoms in total. The zero-order valence-electron chi connectivity index (χ0n) is 5.94. The lowest BCUT2D eigenvalue weighted by Crippen LogP contribution is -2.19. The molecule has 0 saturated heterocycles. The first-order chi connectivity index (χ1) is 5.40. The molecule has 0 fully saturated rings. The number of hydrogen-bond acceptors (Lipinski definition) is 3. The molecule has 2 heterocycles. The van der Waals surface area contributed by atoms with Crippen LogP contribution in [0.5, 0.6) is 0 Å². The van der Waals surface area contributed by atoms with E-state index in [1.807, 2.05) is 12.3 Å². The van der Waals surface area contributed by atoms with Gasteiger partial charge in [0.1, 0.15) is 6.07 Å². The van der Waals surface area contributed by atoms with E-state index in [4.69, 9.17) is 5.26 Å². The number of fused-ring (bicyclic) bond motifs is 1. The van der Waals surface area contributed by atoms with Gasteiger partial charge in [-0.05, 0) is 6.08 Å². The predicted molar refractivity (Wildman–Crippen MR) is 42.9 cm³/mol. The molecule has 2 unspecified atom stereocenters. The Hall–Kier alpha value is -1.43. The molecule has 0 radical (unpaired) electrons. The highest BCUT2D eigenvalue weighted by Crippen LogP contribution is 2.19. The molecule has 0 spiro atoms. The largest absolute Gasteiger partial charge is 0.288 e. The van der Waals surface area contributed by atoms with Crippen molar-refractivity contribution in [1.29, 1.82) is 5.26 Å². The molecule has 0 bridgehead atoms. The summed E-state index contributed by atoms with van der Waals surface area (Å²) in [6, 6.07) is 2.46. The molecule has 0 aromatic heterocycles. The Labute approximate surface area is 64.8 Å². The summed E-state index contributed by atoms with van der Waals surface area (Å²) in [5, 5.41) is 8.55. The van der Waals surface area contributed by atoms with Gasteiger partial charge in [0.15, 0.2) is 0 Å². The van der Waals surface area contributed by atoms with Crippen LogP contribution < -0.4 is 0 Å². The number of nitriles is 1. The van der Waals surface area contributed by atoms with Gasteiger partial charge in [-0.25, -0.2) is 0 Å². The van der Waals surface area contributed by atoms with Crippen molar-refractivity contribution in [3.63, 3.8) is 0 Å². The molecule has 0 aromatic rings. The van der Waals surface area contributed by atoms with Crippen molar-refractivity contribution < 1.29 is 0 Å². The minimum atomic E-state index is 0.134. The van der Waals surface area contributed by atoms with Crippen molar-refractivity contribution in [2.45, 2.75) is 18.5 Å². The average Bonchev–Trinajstić information content (AvgIpc) is 2.50. The first-order valence-corrected chi connectivity index (χ1v) is 3.57. The summed E-state index contributed by atoms with van der Waals surface area (Å²) in [5.74, 6) is 0. The molecule has 3 heteroatoms. The van der Waals surface area contributed by atoms with E-state index in [-0.39, 0.29) is 12.1 Å². The molecule has 0 aromatic carbocycles. The maximum Gasteiger partial charge on any atom is 0.100 e. The van der Waals surface area contributed by atoms with Crippen LogP contribution in [-0.4, -0.2) is 24.5 Å². The third-order valence-corrected chi connectivity index (χ3v) is 1.90. The highest BCUT2D eigenvalue weighted by Gasteiger charge is 2.23. The van der Waals surface area contributed by atoms with Crippen LogP contribution in [0.3, 0.4) is 0 Å². The second-order valence-electron chi connectivity index (χ2n) is 2.64. The first kappa shape index (κ1) is 6.29. The van der Waals surface area contributed by atoms with E-state index in [0.29, 0.717) is 5.57 Å². The summed E-state index contributed by atoms with van der Waals surface area (Å²) >= 11 is 0.